The fourth-order valence-electron chi connectivity index (χ4n) is 2.36. The van der Waals surface area contributed by atoms with Crippen molar-refractivity contribution in [3.63, 3.8) is 0 Å². The minimum Gasteiger partial charge on any atom is -0.461 e. The van der Waals surface area contributed by atoms with E-state index in [1.165, 1.54) is 11.3 Å². The molecule has 2 aromatic heterocycles. The first-order valence-corrected chi connectivity index (χ1v) is 12.0. The first kappa shape index (κ1) is 24.6. The van der Waals surface area contributed by atoms with Crippen LogP contribution >= 0.6 is 23.1 Å². The summed E-state index contributed by atoms with van der Waals surface area (Å²) >= 11 is 3.15. The van der Waals surface area contributed by atoms with Crippen LogP contribution in [0.25, 0.3) is 10.2 Å². The average Bonchev–Trinajstić information content (AvgIpc) is 3.06. The van der Waals surface area contributed by atoms with Gasteiger partial charge in [0.15, 0.2) is 11.4 Å². The fraction of sp³-hybridized carbons (Fsp3) is 0.636. The molecule has 0 aliphatic heterocycles. The van der Waals surface area contributed by atoms with Crippen LogP contribution in [0.3, 0.4) is 0 Å². The van der Waals surface area contributed by atoms with Crippen molar-refractivity contribution in [3.8, 4) is 5.75 Å². The monoisotopic (exact) mass is 452 g/mol. The Kier molecular flexibility index (Phi) is 7.56. The summed E-state index contributed by atoms with van der Waals surface area (Å²) in [4.78, 5) is 34.9. The molecular formula is C22H32N2O4S2. The van der Waals surface area contributed by atoms with E-state index < -0.39 is 17.4 Å². The van der Waals surface area contributed by atoms with E-state index in [1.807, 2.05) is 0 Å². The number of thioether (sulfide) groups is 1. The molecular weight excluding hydrogens is 420 g/mol. The SMILES string of the molecule is CCOC(=O)c1nc(CSC(C)C)c2nc(C(C)(C)C)sc2c1OC(=O)C(C)(C)C. The molecule has 2 rings (SSSR count). The van der Waals surface area contributed by atoms with Crippen LogP contribution in [0.2, 0.25) is 0 Å². The Hall–Kier alpha value is -1.67. The molecule has 0 N–H and O–H groups in total. The molecule has 2 aromatic rings. The minimum absolute atomic E-state index is 0.0328. The number of esters is 2. The third-order valence-electron chi connectivity index (χ3n) is 4.04. The van der Waals surface area contributed by atoms with Crippen LogP contribution in [0.5, 0.6) is 5.75 Å². The van der Waals surface area contributed by atoms with Crippen LogP contribution in [0.15, 0.2) is 0 Å². The summed E-state index contributed by atoms with van der Waals surface area (Å²) in [7, 11) is 0. The maximum atomic E-state index is 12.7. The molecule has 0 aromatic carbocycles. The van der Waals surface area contributed by atoms with Crippen molar-refractivity contribution < 1.29 is 19.1 Å². The molecule has 0 unspecified atom stereocenters. The quantitative estimate of drug-likeness (QED) is 0.516. The molecule has 8 heteroatoms. The summed E-state index contributed by atoms with van der Waals surface area (Å²) in [5.74, 6) is -0.292. The summed E-state index contributed by atoms with van der Waals surface area (Å²) in [6.07, 6.45) is 0. The third kappa shape index (κ3) is 5.72. The van der Waals surface area contributed by atoms with E-state index in [1.54, 1.807) is 39.5 Å². The Labute approximate surface area is 187 Å². The van der Waals surface area contributed by atoms with E-state index in [-0.39, 0.29) is 23.5 Å². The van der Waals surface area contributed by atoms with Crippen LogP contribution in [-0.4, -0.2) is 33.8 Å². The maximum Gasteiger partial charge on any atom is 0.360 e. The van der Waals surface area contributed by atoms with Crippen molar-refractivity contribution >= 4 is 45.3 Å². The molecule has 0 spiro atoms. The van der Waals surface area contributed by atoms with Gasteiger partial charge in [0.2, 0.25) is 0 Å². The van der Waals surface area contributed by atoms with Gasteiger partial charge in [-0.1, -0.05) is 34.6 Å². The second kappa shape index (κ2) is 9.22. The van der Waals surface area contributed by atoms with Gasteiger partial charge in [-0.15, -0.1) is 11.3 Å². The van der Waals surface area contributed by atoms with Crippen LogP contribution in [0, 0.1) is 5.41 Å². The van der Waals surface area contributed by atoms with Gasteiger partial charge in [-0.3, -0.25) is 4.79 Å². The Morgan fingerprint density at radius 2 is 1.73 bits per heavy atom. The summed E-state index contributed by atoms with van der Waals surface area (Å²) in [6.45, 7) is 17.7. The molecule has 30 heavy (non-hydrogen) atoms. The summed E-state index contributed by atoms with van der Waals surface area (Å²) < 4.78 is 11.6. The number of fused-ring (bicyclic) bond motifs is 1. The number of thiazole rings is 1. The highest BCUT2D eigenvalue weighted by Crippen LogP contribution is 2.41. The van der Waals surface area contributed by atoms with Crippen molar-refractivity contribution in [2.75, 3.05) is 6.61 Å². The summed E-state index contributed by atoms with van der Waals surface area (Å²) in [5, 5.41) is 1.29. The molecule has 0 amide bonds. The van der Waals surface area contributed by atoms with Gasteiger partial charge in [0.25, 0.3) is 0 Å². The molecule has 0 radical (unpaired) electrons. The number of carbonyl (C=O) groups is 2. The highest BCUT2D eigenvalue weighted by atomic mass is 32.2. The lowest BCUT2D eigenvalue weighted by molar-refractivity contribution is -0.142. The third-order valence-corrected chi connectivity index (χ3v) is 6.63. The second-order valence-corrected chi connectivity index (χ2v) is 12.0. The van der Waals surface area contributed by atoms with Crippen LogP contribution in [-0.2, 0) is 20.7 Å². The largest absolute Gasteiger partial charge is 0.461 e. The number of rotatable bonds is 6. The lowest BCUT2D eigenvalue weighted by atomic mass is 9.97. The molecule has 6 nitrogen and oxygen atoms in total. The Bertz CT molecular complexity index is 937. The number of nitrogens with zero attached hydrogens (tertiary/aromatic N) is 2. The number of hydrogen-bond donors (Lipinski definition) is 0. The molecule has 0 saturated carbocycles. The van der Waals surface area contributed by atoms with Crippen molar-refractivity contribution in [2.45, 2.75) is 78.7 Å². The van der Waals surface area contributed by atoms with E-state index in [0.29, 0.717) is 26.9 Å². The van der Waals surface area contributed by atoms with Gasteiger partial charge < -0.3 is 9.47 Å². The Morgan fingerprint density at radius 3 is 2.23 bits per heavy atom. The zero-order valence-electron chi connectivity index (χ0n) is 19.3. The number of carbonyl (C=O) groups excluding carboxylic acids is 2. The Balaban J connectivity index is 2.79. The van der Waals surface area contributed by atoms with Crippen molar-refractivity contribution in [2.24, 2.45) is 5.41 Å². The number of hydrogen-bond acceptors (Lipinski definition) is 8. The molecule has 2 heterocycles. The van der Waals surface area contributed by atoms with Crippen LogP contribution < -0.4 is 4.74 Å². The van der Waals surface area contributed by atoms with E-state index >= 15 is 0 Å². The smallest absolute Gasteiger partial charge is 0.360 e. The predicted molar refractivity (Wildman–Crippen MR) is 124 cm³/mol. The molecule has 0 fully saturated rings. The fourth-order valence-corrected chi connectivity index (χ4v) is 4.18. The van der Waals surface area contributed by atoms with Crippen molar-refractivity contribution in [1.29, 1.82) is 0 Å². The molecule has 0 aliphatic rings. The zero-order chi connectivity index (χ0) is 22.9. The van der Waals surface area contributed by atoms with Gasteiger partial charge in [-0.05, 0) is 32.9 Å². The number of pyridine rings is 1. The first-order valence-electron chi connectivity index (χ1n) is 10.1. The van der Waals surface area contributed by atoms with Gasteiger partial charge in [0, 0.05) is 11.2 Å². The van der Waals surface area contributed by atoms with Gasteiger partial charge in [-0.25, -0.2) is 14.8 Å². The molecule has 0 saturated heterocycles. The van der Waals surface area contributed by atoms with E-state index in [4.69, 9.17) is 14.5 Å². The van der Waals surface area contributed by atoms with Gasteiger partial charge in [0.05, 0.1) is 22.7 Å². The number of aromatic nitrogens is 2. The summed E-state index contributed by atoms with van der Waals surface area (Å²) in [6, 6.07) is 0. The summed E-state index contributed by atoms with van der Waals surface area (Å²) in [5.41, 5.74) is 0.492. The van der Waals surface area contributed by atoms with Crippen molar-refractivity contribution in [3.05, 3.63) is 16.4 Å². The normalized spacial score (nSPS) is 12.5. The molecule has 166 valence electrons. The van der Waals surface area contributed by atoms with Crippen molar-refractivity contribution in [1.82, 2.24) is 9.97 Å². The van der Waals surface area contributed by atoms with E-state index in [0.717, 1.165) is 5.01 Å². The van der Waals surface area contributed by atoms with Gasteiger partial charge in [-0.2, -0.15) is 11.8 Å². The van der Waals surface area contributed by atoms with Gasteiger partial charge in [0.1, 0.15) is 10.2 Å². The highest BCUT2D eigenvalue weighted by Gasteiger charge is 2.32. The first-order chi connectivity index (χ1) is 13.8. The van der Waals surface area contributed by atoms with Crippen LogP contribution in [0.4, 0.5) is 0 Å². The molecule has 0 aliphatic carbocycles. The minimum atomic E-state index is -0.734. The average molecular weight is 453 g/mol. The predicted octanol–water partition coefficient (Wildman–Crippen LogP) is 5.76. The molecule has 0 bridgehead atoms. The van der Waals surface area contributed by atoms with E-state index in [2.05, 4.69) is 39.6 Å². The maximum absolute atomic E-state index is 12.7. The number of ether oxygens (including phenoxy) is 2. The Morgan fingerprint density at radius 1 is 1.10 bits per heavy atom. The lowest BCUT2D eigenvalue weighted by Gasteiger charge is -2.18. The van der Waals surface area contributed by atoms with E-state index in [9.17, 15) is 9.59 Å². The zero-order valence-corrected chi connectivity index (χ0v) is 21.0. The highest BCUT2D eigenvalue weighted by molar-refractivity contribution is 7.99. The van der Waals surface area contributed by atoms with Crippen LogP contribution in [0.1, 0.15) is 83.5 Å². The molecule has 0 atom stereocenters. The second-order valence-electron chi connectivity index (χ2n) is 9.40. The topological polar surface area (TPSA) is 78.4 Å². The standard InChI is InChI=1S/C22H32N2O4S2/c1-10-27-18(25)15-16(28-20(26)22(7,8)9)17-14(13(23-15)11-29-12(2)3)24-19(30-17)21(4,5)6/h12H,10-11H2,1-9H3. The van der Waals surface area contributed by atoms with Gasteiger partial charge >= 0.3 is 11.9 Å². The lowest BCUT2D eigenvalue weighted by Crippen LogP contribution is -2.27.